The van der Waals surface area contributed by atoms with Gasteiger partial charge in [0.25, 0.3) is 0 Å². The summed E-state index contributed by atoms with van der Waals surface area (Å²) in [4.78, 5) is 22.8. The van der Waals surface area contributed by atoms with Crippen molar-refractivity contribution >= 4 is 18.1 Å². The lowest BCUT2D eigenvalue weighted by molar-refractivity contribution is 0.0696. The molecule has 1 amide bonds. The van der Waals surface area contributed by atoms with E-state index >= 15 is 0 Å². The largest absolute Gasteiger partial charge is 0.478 e. The van der Waals surface area contributed by atoms with E-state index in [1.54, 1.807) is 18.2 Å². The number of aryl methyl sites for hydroxylation is 1. The summed E-state index contributed by atoms with van der Waals surface area (Å²) < 4.78 is 5.10. The molecule has 0 saturated heterocycles. The summed E-state index contributed by atoms with van der Waals surface area (Å²) in [6.45, 7) is 2.50. The number of aromatic carboxylic acids is 1. The maximum absolute atomic E-state index is 11.6. The van der Waals surface area contributed by atoms with Gasteiger partial charge in [-0.05, 0) is 30.5 Å². The normalized spacial score (nSPS) is 10.6. The third kappa shape index (κ3) is 6.14. The highest BCUT2D eigenvalue weighted by Gasteiger charge is 2.07. The molecule has 0 unspecified atom stereocenters. The summed E-state index contributed by atoms with van der Waals surface area (Å²) in [7, 11) is 0. The van der Waals surface area contributed by atoms with E-state index in [4.69, 9.17) is 4.74 Å². The highest BCUT2D eigenvalue weighted by molar-refractivity contribution is 5.92. The van der Waals surface area contributed by atoms with E-state index in [2.05, 4.69) is 5.32 Å². The van der Waals surface area contributed by atoms with Crippen LogP contribution >= 0.6 is 0 Å². The summed E-state index contributed by atoms with van der Waals surface area (Å²) in [5.74, 6) is -0.953. The number of hydrogen-bond donors (Lipinski definition) is 2. The minimum Gasteiger partial charge on any atom is -0.478 e. The molecule has 0 bridgehead atoms. The Morgan fingerprint density at radius 3 is 2.64 bits per heavy atom. The lowest BCUT2D eigenvalue weighted by Gasteiger charge is -2.06. The highest BCUT2D eigenvalue weighted by atomic mass is 16.5. The van der Waals surface area contributed by atoms with Gasteiger partial charge in [-0.1, -0.05) is 60.2 Å². The molecule has 0 aliphatic carbocycles. The maximum Gasteiger partial charge on any atom is 0.407 e. The number of ether oxygens (including phenoxy) is 1. The number of carboxylic acids is 1. The molecule has 2 rings (SSSR count). The van der Waals surface area contributed by atoms with Gasteiger partial charge >= 0.3 is 12.1 Å². The lowest BCUT2D eigenvalue weighted by Crippen LogP contribution is -2.24. The van der Waals surface area contributed by atoms with Crippen molar-refractivity contribution in [3.63, 3.8) is 0 Å². The predicted octanol–water partition coefficient (Wildman–Crippen LogP) is 4.02. The van der Waals surface area contributed by atoms with Crippen LogP contribution in [0.5, 0.6) is 0 Å². The first-order chi connectivity index (χ1) is 12.1. The molecule has 2 aromatic rings. The smallest absolute Gasteiger partial charge is 0.407 e. The lowest BCUT2D eigenvalue weighted by atomic mass is 10.0. The van der Waals surface area contributed by atoms with Gasteiger partial charge in [0.1, 0.15) is 6.61 Å². The molecule has 0 heterocycles. The maximum atomic E-state index is 11.6. The highest BCUT2D eigenvalue weighted by Crippen LogP contribution is 2.14. The van der Waals surface area contributed by atoms with Crippen molar-refractivity contribution in [3.05, 3.63) is 76.9 Å². The Labute approximate surface area is 146 Å². The van der Waals surface area contributed by atoms with Gasteiger partial charge in [0.05, 0.1) is 5.56 Å². The van der Waals surface area contributed by atoms with Crippen LogP contribution < -0.4 is 5.32 Å². The zero-order valence-corrected chi connectivity index (χ0v) is 14.1. The number of benzene rings is 2. The summed E-state index contributed by atoms with van der Waals surface area (Å²) in [6, 6.07) is 14.7. The molecule has 25 heavy (non-hydrogen) atoms. The standard InChI is InChI=1S/C20H21NO4/c1-15-10-11-17(18(13-15)19(22)23)9-5-6-12-21-20(24)25-14-16-7-3-2-4-8-16/h2-5,7-11,13H,6,12,14H2,1H3,(H,21,24)(H,22,23). The van der Waals surface area contributed by atoms with Gasteiger partial charge in [-0.2, -0.15) is 0 Å². The molecule has 0 atom stereocenters. The van der Waals surface area contributed by atoms with E-state index in [9.17, 15) is 14.7 Å². The van der Waals surface area contributed by atoms with Crippen LogP contribution in [-0.4, -0.2) is 23.7 Å². The first kappa shape index (κ1) is 18.3. The minimum atomic E-state index is -0.953. The van der Waals surface area contributed by atoms with Crippen LogP contribution in [0, 0.1) is 6.92 Å². The van der Waals surface area contributed by atoms with Crippen molar-refractivity contribution in [3.8, 4) is 0 Å². The zero-order valence-electron chi connectivity index (χ0n) is 14.1. The molecule has 5 heteroatoms. The molecule has 0 spiro atoms. The Bertz CT molecular complexity index is 754. The van der Waals surface area contributed by atoms with Crippen LogP contribution in [0.4, 0.5) is 4.79 Å². The average molecular weight is 339 g/mol. The molecule has 5 nitrogen and oxygen atoms in total. The van der Waals surface area contributed by atoms with Crippen molar-refractivity contribution in [1.29, 1.82) is 0 Å². The molecule has 0 aromatic heterocycles. The Morgan fingerprint density at radius 1 is 1.16 bits per heavy atom. The second kappa shape index (κ2) is 9.27. The molecule has 2 N–H and O–H groups in total. The van der Waals surface area contributed by atoms with Crippen molar-refractivity contribution in [2.24, 2.45) is 0 Å². The molecule has 2 aromatic carbocycles. The van der Waals surface area contributed by atoms with Crippen molar-refractivity contribution in [2.75, 3.05) is 6.54 Å². The molecular formula is C20H21NO4. The summed E-state index contributed by atoms with van der Waals surface area (Å²) in [6.07, 6.45) is 3.68. The summed E-state index contributed by atoms with van der Waals surface area (Å²) in [5.41, 5.74) is 2.74. The molecular weight excluding hydrogens is 318 g/mol. The van der Waals surface area contributed by atoms with Gasteiger partial charge < -0.3 is 15.2 Å². The average Bonchev–Trinajstić information content (AvgIpc) is 2.61. The van der Waals surface area contributed by atoms with Crippen molar-refractivity contribution in [2.45, 2.75) is 20.0 Å². The second-order valence-corrected chi connectivity index (χ2v) is 5.58. The van der Waals surface area contributed by atoms with Gasteiger partial charge in [-0.3, -0.25) is 0 Å². The van der Waals surface area contributed by atoms with E-state index < -0.39 is 12.1 Å². The number of nitrogens with one attached hydrogen (secondary N) is 1. The van der Waals surface area contributed by atoms with Gasteiger partial charge in [-0.15, -0.1) is 0 Å². The Balaban J connectivity index is 1.74. The van der Waals surface area contributed by atoms with Crippen LogP contribution in [0.1, 0.15) is 33.5 Å². The molecule has 0 fully saturated rings. The number of hydrogen-bond acceptors (Lipinski definition) is 3. The fourth-order valence-corrected chi connectivity index (χ4v) is 2.24. The summed E-state index contributed by atoms with van der Waals surface area (Å²) >= 11 is 0. The quantitative estimate of drug-likeness (QED) is 0.747. The Hall–Kier alpha value is -3.08. The first-order valence-corrected chi connectivity index (χ1v) is 8.01. The Kier molecular flexibility index (Phi) is 6.77. The first-order valence-electron chi connectivity index (χ1n) is 8.01. The number of alkyl carbamates (subject to hydrolysis) is 1. The van der Waals surface area contributed by atoms with Crippen LogP contribution in [0.25, 0.3) is 6.08 Å². The van der Waals surface area contributed by atoms with Gasteiger partial charge in [0, 0.05) is 6.54 Å². The predicted molar refractivity (Wildman–Crippen MR) is 96.4 cm³/mol. The Morgan fingerprint density at radius 2 is 1.92 bits per heavy atom. The fourth-order valence-electron chi connectivity index (χ4n) is 2.24. The number of carbonyl (C=O) groups is 2. The third-order valence-electron chi connectivity index (χ3n) is 3.53. The van der Waals surface area contributed by atoms with Gasteiger partial charge in [0.2, 0.25) is 0 Å². The van der Waals surface area contributed by atoms with E-state index in [-0.39, 0.29) is 12.2 Å². The molecule has 0 aliphatic rings. The topological polar surface area (TPSA) is 75.6 Å². The van der Waals surface area contributed by atoms with Crippen LogP contribution in [-0.2, 0) is 11.3 Å². The second-order valence-electron chi connectivity index (χ2n) is 5.58. The van der Waals surface area contributed by atoms with E-state index in [1.807, 2.05) is 49.4 Å². The van der Waals surface area contributed by atoms with E-state index in [0.29, 0.717) is 18.5 Å². The van der Waals surface area contributed by atoms with Gasteiger partial charge in [0.15, 0.2) is 0 Å². The van der Waals surface area contributed by atoms with Crippen molar-refractivity contribution < 1.29 is 19.4 Å². The molecule has 130 valence electrons. The van der Waals surface area contributed by atoms with Crippen LogP contribution in [0.3, 0.4) is 0 Å². The number of carboxylic acid groups (broad SMARTS) is 1. The third-order valence-corrected chi connectivity index (χ3v) is 3.53. The molecule has 0 aliphatic heterocycles. The monoisotopic (exact) mass is 339 g/mol. The number of rotatable bonds is 7. The van der Waals surface area contributed by atoms with Crippen LogP contribution in [0.2, 0.25) is 0 Å². The molecule has 0 radical (unpaired) electrons. The fraction of sp³-hybridized carbons (Fsp3) is 0.200. The van der Waals surface area contributed by atoms with E-state index in [0.717, 1.165) is 11.1 Å². The van der Waals surface area contributed by atoms with E-state index in [1.165, 1.54) is 0 Å². The van der Waals surface area contributed by atoms with Gasteiger partial charge in [-0.25, -0.2) is 9.59 Å². The zero-order chi connectivity index (χ0) is 18.1. The number of amides is 1. The number of carbonyl (C=O) groups excluding carboxylic acids is 1. The van der Waals surface area contributed by atoms with Crippen molar-refractivity contribution in [1.82, 2.24) is 5.32 Å². The SMILES string of the molecule is Cc1ccc(C=CCCNC(=O)OCc2ccccc2)c(C(=O)O)c1. The van der Waals surface area contributed by atoms with Crippen LogP contribution in [0.15, 0.2) is 54.6 Å². The summed E-state index contributed by atoms with van der Waals surface area (Å²) in [5, 5.41) is 11.9. The molecule has 0 saturated carbocycles. The minimum absolute atomic E-state index is 0.230.